The molecule has 0 radical (unpaired) electrons. The number of rotatable bonds is 3. The van der Waals surface area contributed by atoms with Crippen molar-refractivity contribution >= 4 is 17.1 Å². The summed E-state index contributed by atoms with van der Waals surface area (Å²) in [6.07, 6.45) is 2.58. The molecule has 1 aliphatic carbocycles. The maximum Gasteiger partial charge on any atom is 0.163 e. The van der Waals surface area contributed by atoms with Crippen molar-refractivity contribution in [2.24, 2.45) is 0 Å². The van der Waals surface area contributed by atoms with E-state index in [2.05, 4.69) is 11.9 Å². The zero-order valence-corrected chi connectivity index (χ0v) is 12.5. The van der Waals surface area contributed by atoms with Gasteiger partial charge in [-0.1, -0.05) is 0 Å². The molecule has 20 heavy (non-hydrogen) atoms. The second-order valence-corrected chi connectivity index (χ2v) is 6.42. The number of hydrogen-bond acceptors (Lipinski definition) is 4. The van der Waals surface area contributed by atoms with Crippen molar-refractivity contribution in [1.29, 1.82) is 0 Å². The smallest absolute Gasteiger partial charge is 0.163 e. The minimum Gasteiger partial charge on any atom is -0.486 e. The number of ketones is 1. The highest BCUT2D eigenvalue weighted by Crippen LogP contribution is 2.26. The van der Waals surface area contributed by atoms with Gasteiger partial charge in [-0.2, -0.15) is 0 Å². The number of ether oxygens (including phenoxy) is 1. The Morgan fingerprint density at radius 2 is 2.15 bits per heavy atom. The van der Waals surface area contributed by atoms with Gasteiger partial charge in [0, 0.05) is 16.9 Å². The molecular formula is C16H17NO2S. The van der Waals surface area contributed by atoms with Gasteiger partial charge in [0.2, 0.25) is 0 Å². The molecule has 0 amide bonds. The molecule has 4 heteroatoms. The maximum atomic E-state index is 11.8. The highest BCUT2D eigenvalue weighted by atomic mass is 32.1. The second kappa shape index (κ2) is 5.37. The normalized spacial score (nSPS) is 14.2. The zero-order chi connectivity index (χ0) is 14.1. The lowest BCUT2D eigenvalue weighted by molar-refractivity contribution is 0.0972. The Bertz CT molecular complexity index is 641. The Morgan fingerprint density at radius 1 is 1.30 bits per heavy atom. The minimum atomic E-state index is 0.254. The van der Waals surface area contributed by atoms with Crippen LogP contribution in [0.4, 0.5) is 0 Å². The van der Waals surface area contributed by atoms with Gasteiger partial charge in [0.05, 0.1) is 5.69 Å². The van der Waals surface area contributed by atoms with Gasteiger partial charge in [0.15, 0.2) is 5.78 Å². The third-order valence-electron chi connectivity index (χ3n) is 3.66. The summed E-state index contributed by atoms with van der Waals surface area (Å²) in [5, 5.41) is 0.994. The Balaban J connectivity index is 1.73. The molecule has 0 fully saturated rings. The molecule has 1 aromatic carbocycles. The average molecular weight is 287 g/mol. The van der Waals surface area contributed by atoms with E-state index >= 15 is 0 Å². The van der Waals surface area contributed by atoms with Crippen LogP contribution in [-0.4, -0.2) is 10.8 Å². The summed E-state index contributed by atoms with van der Waals surface area (Å²) >= 11 is 1.67. The van der Waals surface area contributed by atoms with Crippen LogP contribution in [0.1, 0.15) is 44.3 Å². The number of carbonyl (C=O) groups excluding carboxylic acids is 1. The predicted molar refractivity (Wildman–Crippen MR) is 79.6 cm³/mol. The first-order chi connectivity index (χ1) is 9.63. The highest BCUT2D eigenvalue weighted by Gasteiger charge is 2.17. The molecule has 0 bridgehead atoms. The van der Waals surface area contributed by atoms with E-state index in [-0.39, 0.29) is 5.78 Å². The predicted octanol–water partition coefficient (Wildman–Crippen LogP) is 3.86. The summed E-state index contributed by atoms with van der Waals surface area (Å²) < 4.78 is 5.80. The topological polar surface area (TPSA) is 39.2 Å². The van der Waals surface area contributed by atoms with Crippen LogP contribution >= 0.6 is 11.3 Å². The Morgan fingerprint density at radius 3 is 2.90 bits per heavy atom. The molecule has 0 unspecified atom stereocenters. The van der Waals surface area contributed by atoms with E-state index in [0.29, 0.717) is 13.0 Å². The summed E-state index contributed by atoms with van der Waals surface area (Å²) in [7, 11) is 0. The number of hydrogen-bond donors (Lipinski definition) is 0. The quantitative estimate of drug-likeness (QED) is 0.860. The van der Waals surface area contributed by atoms with Crippen molar-refractivity contribution in [3.63, 3.8) is 0 Å². The summed E-state index contributed by atoms with van der Waals surface area (Å²) in [5.74, 6) is 1.08. The van der Waals surface area contributed by atoms with Gasteiger partial charge in [-0.3, -0.25) is 4.79 Å². The van der Waals surface area contributed by atoms with Crippen molar-refractivity contribution in [2.75, 3.05) is 0 Å². The summed E-state index contributed by atoms with van der Waals surface area (Å²) in [4.78, 5) is 17.5. The number of aryl methyl sites for hydroxylation is 3. The van der Waals surface area contributed by atoms with Crippen LogP contribution < -0.4 is 4.74 Å². The summed E-state index contributed by atoms with van der Waals surface area (Å²) in [6, 6.07) is 5.78. The first-order valence-corrected chi connectivity index (χ1v) is 7.67. The molecular weight excluding hydrogens is 270 g/mol. The number of benzene rings is 1. The van der Waals surface area contributed by atoms with Gasteiger partial charge in [0.25, 0.3) is 0 Å². The van der Waals surface area contributed by atoms with Crippen molar-refractivity contribution < 1.29 is 9.53 Å². The standard InChI is InChI=1S/C16H17NO2S/c1-10-11(2)20-16(17-10)9-19-13-6-7-14-12(8-13)4-3-5-15(14)18/h6-8H,3-5,9H2,1-2H3. The average Bonchev–Trinajstić information content (AvgIpc) is 2.76. The van der Waals surface area contributed by atoms with E-state index in [9.17, 15) is 4.79 Å². The Hall–Kier alpha value is -1.68. The van der Waals surface area contributed by atoms with Crippen LogP contribution in [0.5, 0.6) is 5.75 Å². The molecule has 3 rings (SSSR count). The number of aromatic nitrogens is 1. The van der Waals surface area contributed by atoms with Gasteiger partial charge in [-0.15, -0.1) is 11.3 Å². The van der Waals surface area contributed by atoms with Crippen LogP contribution in [0.15, 0.2) is 18.2 Å². The first-order valence-electron chi connectivity index (χ1n) is 6.85. The third kappa shape index (κ3) is 2.61. The molecule has 0 atom stereocenters. The largest absolute Gasteiger partial charge is 0.486 e. The van der Waals surface area contributed by atoms with Gasteiger partial charge >= 0.3 is 0 Å². The lowest BCUT2D eigenvalue weighted by Gasteiger charge is -2.15. The van der Waals surface area contributed by atoms with Gasteiger partial charge in [0.1, 0.15) is 17.4 Å². The lowest BCUT2D eigenvalue weighted by atomic mass is 9.91. The van der Waals surface area contributed by atoms with Crippen LogP contribution in [0.25, 0.3) is 0 Å². The molecule has 1 aromatic heterocycles. The van der Waals surface area contributed by atoms with Crippen molar-refractivity contribution in [1.82, 2.24) is 4.98 Å². The summed E-state index contributed by atoms with van der Waals surface area (Å²) in [6.45, 7) is 4.58. The second-order valence-electron chi connectivity index (χ2n) is 5.13. The van der Waals surface area contributed by atoms with E-state index in [1.54, 1.807) is 11.3 Å². The monoisotopic (exact) mass is 287 g/mol. The van der Waals surface area contributed by atoms with Crippen LogP contribution in [-0.2, 0) is 13.0 Å². The molecule has 0 aliphatic heterocycles. The van der Waals surface area contributed by atoms with E-state index < -0.39 is 0 Å². The number of thiazole rings is 1. The van der Waals surface area contributed by atoms with Gasteiger partial charge in [-0.05, 0) is 50.5 Å². The van der Waals surface area contributed by atoms with Crippen LogP contribution in [0, 0.1) is 13.8 Å². The zero-order valence-electron chi connectivity index (χ0n) is 11.7. The fourth-order valence-corrected chi connectivity index (χ4v) is 3.31. The molecule has 1 heterocycles. The van der Waals surface area contributed by atoms with E-state index in [1.807, 2.05) is 25.1 Å². The first kappa shape index (κ1) is 13.3. The molecule has 1 aliphatic rings. The van der Waals surface area contributed by atoms with Crippen LogP contribution in [0.2, 0.25) is 0 Å². The fourth-order valence-electron chi connectivity index (χ4n) is 2.46. The van der Waals surface area contributed by atoms with E-state index in [4.69, 9.17) is 4.74 Å². The Labute approximate surface area is 122 Å². The number of nitrogens with zero attached hydrogens (tertiary/aromatic N) is 1. The van der Waals surface area contributed by atoms with Gasteiger partial charge < -0.3 is 4.74 Å². The lowest BCUT2D eigenvalue weighted by Crippen LogP contribution is -2.10. The molecule has 0 saturated heterocycles. The van der Waals surface area contributed by atoms with E-state index in [1.165, 1.54) is 4.88 Å². The molecule has 0 saturated carbocycles. The number of fused-ring (bicyclic) bond motifs is 1. The van der Waals surface area contributed by atoms with Crippen LogP contribution in [0.3, 0.4) is 0 Å². The van der Waals surface area contributed by atoms with E-state index in [0.717, 1.165) is 40.4 Å². The molecule has 0 N–H and O–H groups in total. The maximum absolute atomic E-state index is 11.8. The molecule has 104 valence electrons. The SMILES string of the molecule is Cc1nc(COc2ccc3c(c2)CCCC3=O)sc1C. The van der Waals surface area contributed by atoms with Crippen molar-refractivity contribution in [3.8, 4) is 5.75 Å². The highest BCUT2D eigenvalue weighted by molar-refractivity contribution is 7.11. The van der Waals surface area contributed by atoms with Crippen molar-refractivity contribution in [3.05, 3.63) is 44.9 Å². The minimum absolute atomic E-state index is 0.254. The van der Waals surface area contributed by atoms with Gasteiger partial charge in [-0.25, -0.2) is 4.98 Å². The summed E-state index contributed by atoms with van der Waals surface area (Å²) in [5.41, 5.74) is 3.06. The molecule has 0 spiro atoms. The fraction of sp³-hybridized carbons (Fsp3) is 0.375. The van der Waals surface area contributed by atoms with Crippen molar-refractivity contribution in [2.45, 2.75) is 39.7 Å². The molecule has 2 aromatic rings. The third-order valence-corrected chi connectivity index (χ3v) is 4.71. The number of Topliss-reactive ketones (excluding diaryl/α,β-unsaturated/α-hetero) is 1. The Kier molecular flexibility index (Phi) is 3.57. The molecule has 3 nitrogen and oxygen atoms in total. The number of carbonyl (C=O) groups is 1.